The SMILES string of the molecule is CC/C=C\C/C=C\C/C=C\C/C=C\C/C=C\C/C=C\CCC(=O)OCC(COP(=O)(O)OCC(O)COP(=O)(O)OCC(COC(=O)CCCCCC/C=C\C/C=C\C/C=C\C/C=C\CC)OC(=O)CCCCCCC/C=C\CCCC)OC(=O)CCCCCCC/C=C\CCCCCC. The zero-order chi connectivity index (χ0) is 73.2. The second-order valence-corrected chi connectivity index (χ2v) is 27.7. The van der Waals surface area contributed by atoms with E-state index in [2.05, 4.69) is 155 Å². The Morgan fingerprint density at radius 3 is 0.900 bits per heavy atom. The highest BCUT2D eigenvalue weighted by Gasteiger charge is 2.30. The highest BCUT2D eigenvalue weighted by atomic mass is 31.2. The number of esters is 4. The summed E-state index contributed by atoms with van der Waals surface area (Å²) in [6.07, 6.45) is 81.5. The lowest BCUT2D eigenvalue weighted by molar-refractivity contribution is -0.161. The molecule has 0 fully saturated rings. The van der Waals surface area contributed by atoms with E-state index in [0.717, 1.165) is 161 Å². The van der Waals surface area contributed by atoms with Crippen LogP contribution in [0.1, 0.15) is 285 Å². The van der Waals surface area contributed by atoms with Crippen molar-refractivity contribution in [3.63, 3.8) is 0 Å². The van der Waals surface area contributed by atoms with Crippen LogP contribution in [0.15, 0.2) is 146 Å². The van der Waals surface area contributed by atoms with Gasteiger partial charge in [-0.25, -0.2) is 9.13 Å². The zero-order valence-corrected chi connectivity index (χ0v) is 63.9. The summed E-state index contributed by atoms with van der Waals surface area (Å²) in [7, 11) is -9.99. The van der Waals surface area contributed by atoms with Crippen LogP contribution in [0.2, 0.25) is 0 Å². The number of hydrogen-bond donors (Lipinski definition) is 3. The van der Waals surface area contributed by atoms with E-state index < -0.39 is 97.5 Å². The van der Waals surface area contributed by atoms with Crippen LogP contribution < -0.4 is 0 Å². The Morgan fingerprint density at radius 1 is 0.290 bits per heavy atom. The molecule has 0 aliphatic rings. The first-order valence-electron chi connectivity index (χ1n) is 38.1. The van der Waals surface area contributed by atoms with Gasteiger partial charge in [-0.2, -0.15) is 0 Å². The molecule has 5 atom stereocenters. The Labute approximate surface area is 605 Å². The Bertz CT molecular complexity index is 2470. The molecular formula is C81H134O17P2. The van der Waals surface area contributed by atoms with Crippen LogP contribution >= 0.6 is 15.6 Å². The van der Waals surface area contributed by atoms with Crippen molar-refractivity contribution in [2.75, 3.05) is 39.6 Å². The number of ether oxygens (including phenoxy) is 4. The van der Waals surface area contributed by atoms with E-state index in [9.17, 15) is 43.2 Å². The van der Waals surface area contributed by atoms with Gasteiger partial charge >= 0.3 is 39.5 Å². The molecule has 0 radical (unpaired) electrons. The maximum atomic E-state index is 13.1. The van der Waals surface area contributed by atoms with Gasteiger partial charge in [-0.3, -0.25) is 37.3 Å². The topological polar surface area (TPSA) is 237 Å². The highest BCUT2D eigenvalue weighted by Crippen LogP contribution is 2.45. The number of aliphatic hydroxyl groups is 1. The number of carbonyl (C=O) groups excluding carboxylic acids is 4. The second-order valence-electron chi connectivity index (χ2n) is 24.8. The minimum Gasteiger partial charge on any atom is -0.462 e. The molecule has 5 unspecified atom stereocenters. The number of carbonyl (C=O) groups is 4. The number of phosphoric acid groups is 2. The molecule has 0 bridgehead atoms. The fourth-order valence-corrected chi connectivity index (χ4v) is 11.1. The van der Waals surface area contributed by atoms with Crippen molar-refractivity contribution in [1.82, 2.24) is 0 Å². The number of allylic oxidation sites excluding steroid dienone is 24. The predicted octanol–water partition coefficient (Wildman–Crippen LogP) is 21.9. The van der Waals surface area contributed by atoms with Crippen molar-refractivity contribution in [2.45, 2.75) is 303 Å². The van der Waals surface area contributed by atoms with Crippen LogP contribution in [0.3, 0.4) is 0 Å². The minimum absolute atomic E-state index is 0.0308. The van der Waals surface area contributed by atoms with Gasteiger partial charge in [0, 0.05) is 25.7 Å². The molecule has 0 aromatic rings. The fraction of sp³-hybridized carbons (Fsp3) is 0.654. The average Bonchev–Trinajstić information content (AvgIpc) is 0.940. The van der Waals surface area contributed by atoms with Gasteiger partial charge in [0.2, 0.25) is 0 Å². The van der Waals surface area contributed by atoms with Gasteiger partial charge in [0.15, 0.2) is 12.2 Å². The first-order valence-corrected chi connectivity index (χ1v) is 41.1. The summed E-state index contributed by atoms with van der Waals surface area (Å²) >= 11 is 0. The van der Waals surface area contributed by atoms with E-state index >= 15 is 0 Å². The van der Waals surface area contributed by atoms with Crippen molar-refractivity contribution >= 4 is 39.5 Å². The van der Waals surface area contributed by atoms with E-state index in [0.29, 0.717) is 32.1 Å². The summed E-state index contributed by atoms with van der Waals surface area (Å²) in [5.74, 6) is -2.33. The molecule has 17 nitrogen and oxygen atoms in total. The van der Waals surface area contributed by atoms with Crippen LogP contribution in [-0.4, -0.2) is 96.7 Å². The van der Waals surface area contributed by atoms with E-state index in [1.165, 1.54) is 38.5 Å². The van der Waals surface area contributed by atoms with Crippen molar-refractivity contribution < 1.29 is 80.2 Å². The van der Waals surface area contributed by atoms with Gasteiger partial charge in [0.25, 0.3) is 0 Å². The van der Waals surface area contributed by atoms with Gasteiger partial charge in [-0.05, 0) is 148 Å². The fourth-order valence-electron chi connectivity index (χ4n) is 9.51. The molecule has 0 aliphatic carbocycles. The lowest BCUT2D eigenvalue weighted by Gasteiger charge is -2.21. The monoisotopic (exact) mass is 1440 g/mol. The van der Waals surface area contributed by atoms with Crippen LogP contribution in [-0.2, 0) is 65.4 Å². The third-order valence-corrected chi connectivity index (χ3v) is 17.2. The number of phosphoric ester groups is 2. The summed E-state index contributed by atoms with van der Waals surface area (Å²) in [5, 5.41) is 10.6. The summed E-state index contributed by atoms with van der Waals surface area (Å²) in [4.78, 5) is 72.8. The number of aliphatic hydroxyl groups excluding tert-OH is 1. The standard InChI is InChI=1S/C81H134O17P2/c1-5-9-13-17-21-25-29-32-34-36-37-39-41-44-47-50-54-58-62-66-79(84)92-72-77(98-81(86)68-64-60-56-52-48-42-31-27-23-19-15-11-7-3)74-96-100(89,90)94-70-75(82)69-93-99(87,88)95-73-76(97-80(85)67-63-59-55-51-45-28-24-20-16-12-8-4)71-91-78(83)65-61-57-53-49-46-43-40-38-35-33-30-26-22-18-14-10-6-2/h9-10,13-14,20-22,24-27,31-35,37,39-40,43-44,47,54,58,75-77,82H,5-8,11-12,15-19,23,28-30,36,38,41-42,45-46,48-53,55-57,59-74H2,1-4H3,(H,87,88)(H,89,90)/b13-9-,14-10-,24-20-,25-21-,26-22-,31-27-,34-32-,35-33-,39-37-,43-40-,47-44-,58-54-. The van der Waals surface area contributed by atoms with Gasteiger partial charge < -0.3 is 33.8 Å². The maximum absolute atomic E-state index is 13.1. The van der Waals surface area contributed by atoms with Gasteiger partial charge in [-0.15, -0.1) is 0 Å². The van der Waals surface area contributed by atoms with Crippen molar-refractivity contribution in [2.24, 2.45) is 0 Å². The molecule has 570 valence electrons. The third kappa shape index (κ3) is 71.3. The van der Waals surface area contributed by atoms with Gasteiger partial charge in [0.05, 0.1) is 26.4 Å². The van der Waals surface area contributed by atoms with Crippen LogP contribution in [0.25, 0.3) is 0 Å². The molecule has 0 aromatic heterocycles. The van der Waals surface area contributed by atoms with Crippen molar-refractivity contribution in [1.29, 1.82) is 0 Å². The van der Waals surface area contributed by atoms with E-state index in [-0.39, 0.29) is 25.7 Å². The van der Waals surface area contributed by atoms with Gasteiger partial charge in [0.1, 0.15) is 19.3 Å². The molecular weight excluding hydrogens is 1310 g/mol. The molecule has 0 aliphatic heterocycles. The number of unbranched alkanes of at least 4 members (excludes halogenated alkanes) is 20. The van der Waals surface area contributed by atoms with Gasteiger partial charge in [-0.1, -0.05) is 257 Å². The summed E-state index contributed by atoms with van der Waals surface area (Å²) in [5.41, 5.74) is 0. The molecule has 3 N–H and O–H groups in total. The molecule has 19 heteroatoms. The Morgan fingerprint density at radius 2 is 0.550 bits per heavy atom. The van der Waals surface area contributed by atoms with Crippen molar-refractivity contribution in [3.05, 3.63) is 146 Å². The van der Waals surface area contributed by atoms with E-state index in [1.807, 2.05) is 18.2 Å². The Balaban J connectivity index is 5.41. The van der Waals surface area contributed by atoms with E-state index in [4.69, 9.17) is 37.0 Å². The smallest absolute Gasteiger partial charge is 0.462 e. The normalized spacial score (nSPS) is 14.8. The second kappa shape index (κ2) is 72.3. The molecule has 0 heterocycles. The van der Waals surface area contributed by atoms with Crippen LogP contribution in [0.5, 0.6) is 0 Å². The number of rotatable bonds is 70. The first-order chi connectivity index (χ1) is 48.7. The van der Waals surface area contributed by atoms with Crippen LogP contribution in [0, 0.1) is 0 Å². The summed E-state index contributed by atoms with van der Waals surface area (Å²) < 4.78 is 68.3. The molecule has 0 spiro atoms. The van der Waals surface area contributed by atoms with E-state index in [1.54, 1.807) is 0 Å². The summed E-state index contributed by atoms with van der Waals surface area (Å²) in [6, 6.07) is 0. The third-order valence-electron chi connectivity index (χ3n) is 15.3. The average molecular weight is 1440 g/mol. The zero-order valence-electron chi connectivity index (χ0n) is 62.1. The first kappa shape index (κ1) is 94.9. The molecule has 0 amide bonds. The predicted molar refractivity (Wildman–Crippen MR) is 408 cm³/mol. The molecule has 0 rings (SSSR count). The maximum Gasteiger partial charge on any atom is 0.472 e. The lowest BCUT2D eigenvalue weighted by atomic mass is 10.1. The quantitative estimate of drug-likeness (QED) is 0.0169. The minimum atomic E-state index is -5.00. The molecule has 0 saturated heterocycles. The Hall–Kier alpha value is -5.06. The Kier molecular flexibility index (Phi) is 68.6. The number of hydrogen-bond acceptors (Lipinski definition) is 15. The van der Waals surface area contributed by atoms with Crippen LogP contribution in [0.4, 0.5) is 0 Å². The van der Waals surface area contributed by atoms with Crippen molar-refractivity contribution in [3.8, 4) is 0 Å². The highest BCUT2D eigenvalue weighted by molar-refractivity contribution is 7.47. The largest absolute Gasteiger partial charge is 0.472 e. The molecule has 100 heavy (non-hydrogen) atoms. The summed E-state index contributed by atoms with van der Waals surface area (Å²) in [6.45, 7) is 4.44. The molecule has 0 aromatic carbocycles. The lowest BCUT2D eigenvalue weighted by Crippen LogP contribution is -2.30. The molecule has 0 saturated carbocycles.